The monoisotopic (exact) mass is 496 g/mol. The summed E-state index contributed by atoms with van der Waals surface area (Å²) in [6, 6.07) is 20.0. The molecule has 2 aliphatic rings. The zero-order valence-corrected chi connectivity index (χ0v) is 23.3. The van der Waals surface area contributed by atoms with Gasteiger partial charge in [0.15, 0.2) is 0 Å². The number of aliphatic hydroxyl groups is 2. The standard InChI is InChI=1S/2C14H18O2.2C2H6/c2*1-11(15)14(9-7-13(16)8-10-14)12-5-3-2-4-6-12;2*1-2/h2*2-6,13,16H,7-10H2,1H3;2*1-2H3. The van der Waals surface area contributed by atoms with Crippen molar-refractivity contribution in [2.24, 2.45) is 0 Å². The second kappa shape index (κ2) is 15.7. The van der Waals surface area contributed by atoms with Gasteiger partial charge in [0.2, 0.25) is 0 Å². The van der Waals surface area contributed by atoms with E-state index < -0.39 is 0 Å². The van der Waals surface area contributed by atoms with Crippen molar-refractivity contribution >= 4 is 11.6 Å². The second-order valence-electron chi connectivity index (χ2n) is 9.47. The minimum absolute atomic E-state index is 0.226. The summed E-state index contributed by atoms with van der Waals surface area (Å²) < 4.78 is 0. The predicted molar refractivity (Wildman–Crippen MR) is 149 cm³/mol. The smallest absolute Gasteiger partial charge is 0.140 e. The number of rotatable bonds is 4. The Morgan fingerprint density at radius 3 is 1.06 bits per heavy atom. The molecule has 0 unspecified atom stereocenters. The lowest BCUT2D eigenvalue weighted by Gasteiger charge is -2.37. The third-order valence-corrected chi connectivity index (χ3v) is 7.62. The molecule has 0 spiro atoms. The normalized spacial score (nSPS) is 27.0. The topological polar surface area (TPSA) is 74.6 Å². The van der Waals surface area contributed by atoms with Crippen molar-refractivity contribution in [3.05, 3.63) is 71.8 Å². The van der Waals surface area contributed by atoms with Crippen molar-refractivity contribution < 1.29 is 19.8 Å². The van der Waals surface area contributed by atoms with E-state index in [0.717, 1.165) is 62.5 Å². The lowest BCUT2D eigenvalue weighted by atomic mass is 9.66. The molecule has 0 atom stereocenters. The van der Waals surface area contributed by atoms with E-state index in [2.05, 4.69) is 0 Å². The second-order valence-corrected chi connectivity index (χ2v) is 9.47. The molecular weight excluding hydrogens is 448 g/mol. The van der Waals surface area contributed by atoms with Crippen LogP contribution in [0.15, 0.2) is 60.7 Å². The highest BCUT2D eigenvalue weighted by Crippen LogP contribution is 2.41. The van der Waals surface area contributed by atoms with Gasteiger partial charge in [-0.15, -0.1) is 0 Å². The molecule has 0 amide bonds. The van der Waals surface area contributed by atoms with Gasteiger partial charge in [0.1, 0.15) is 11.6 Å². The minimum atomic E-state index is -0.347. The van der Waals surface area contributed by atoms with E-state index in [1.807, 2.05) is 88.4 Å². The van der Waals surface area contributed by atoms with E-state index in [1.165, 1.54) is 0 Å². The first-order chi connectivity index (χ1) is 17.3. The molecule has 4 nitrogen and oxygen atoms in total. The van der Waals surface area contributed by atoms with Crippen LogP contribution in [-0.4, -0.2) is 34.0 Å². The first-order valence-corrected chi connectivity index (χ1v) is 13.8. The molecule has 0 aliphatic heterocycles. The van der Waals surface area contributed by atoms with Gasteiger partial charge < -0.3 is 10.2 Å². The first kappa shape index (κ1) is 31.7. The fourth-order valence-corrected chi connectivity index (χ4v) is 5.39. The lowest BCUT2D eigenvalue weighted by molar-refractivity contribution is -0.125. The number of hydrogen-bond donors (Lipinski definition) is 2. The van der Waals surface area contributed by atoms with Crippen LogP contribution in [0.3, 0.4) is 0 Å². The average Bonchev–Trinajstić information content (AvgIpc) is 2.93. The Bertz CT molecular complexity index is 799. The van der Waals surface area contributed by atoms with Crippen molar-refractivity contribution in [1.29, 1.82) is 0 Å². The Labute approximate surface area is 219 Å². The van der Waals surface area contributed by atoms with Crippen LogP contribution in [0.25, 0.3) is 0 Å². The Balaban J connectivity index is 0.000000317. The quantitative estimate of drug-likeness (QED) is 0.480. The van der Waals surface area contributed by atoms with E-state index >= 15 is 0 Å². The summed E-state index contributed by atoms with van der Waals surface area (Å²) in [4.78, 5) is 23.9. The molecule has 2 N–H and O–H groups in total. The minimum Gasteiger partial charge on any atom is -0.393 e. The number of Topliss-reactive ketones (excluding diaryl/α,β-unsaturated/α-hetero) is 2. The molecule has 2 fully saturated rings. The summed E-state index contributed by atoms with van der Waals surface area (Å²) >= 11 is 0. The first-order valence-electron chi connectivity index (χ1n) is 13.8. The van der Waals surface area contributed by atoms with Gasteiger partial charge >= 0.3 is 0 Å². The van der Waals surface area contributed by atoms with E-state index in [9.17, 15) is 19.8 Å². The fraction of sp³-hybridized carbons (Fsp3) is 0.562. The third kappa shape index (κ3) is 7.85. The van der Waals surface area contributed by atoms with Crippen molar-refractivity contribution in [1.82, 2.24) is 0 Å². The van der Waals surface area contributed by atoms with Crippen molar-refractivity contribution in [2.75, 3.05) is 0 Å². The van der Waals surface area contributed by atoms with E-state index in [4.69, 9.17) is 0 Å². The molecule has 36 heavy (non-hydrogen) atoms. The highest BCUT2D eigenvalue weighted by molar-refractivity contribution is 5.88. The number of ketones is 2. The lowest BCUT2D eigenvalue weighted by Crippen LogP contribution is -2.39. The van der Waals surface area contributed by atoms with Crippen LogP contribution in [0, 0.1) is 0 Å². The molecule has 2 aromatic rings. The molecule has 2 saturated carbocycles. The largest absolute Gasteiger partial charge is 0.393 e. The predicted octanol–water partition coefficient (Wildman–Crippen LogP) is 6.95. The number of carbonyl (C=O) groups is 2. The van der Waals surface area contributed by atoms with Crippen LogP contribution in [0.4, 0.5) is 0 Å². The van der Waals surface area contributed by atoms with Crippen LogP contribution in [-0.2, 0) is 20.4 Å². The van der Waals surface area contributed by atoms with E-state index in [-0.39, 0.29) is 34.6 Å². The van der Waals surface area contributed by atoms with Crippen LogP contribution in [0.1, 0.15) is 104 Å². The molecule has 0 saturated heterocycles. The van der Waals surface area contributed by atoms with Crippen LogP contribution in [0.2, 0.25) is 0 Å². The Morgan fingerprint density at radius 2 is 0.833 bits per heavy atom. The van der Waals surface area contributed by atoms with Crippen LogP contribution < -0.4 is 0 Å². The van der Waals surface area contributed by atoms with Gasteiger partial charge in [0, 0.05) is 0 Å². The third-order valence-electron chi connectivity index (χ3n) is 7.62. The summed E-state index contributed by atoms with van der Waals surface area (Å²) in [6.07, 6.45) is 5.56. The molecular formula is C32H48O4. The zero-order chi connectivity index (χ0) is 27.2. The molecule has 4 rings (SSSR count). The summed E-state index contributed by atoms with van der Waals surface area (Å²) in [5, 5.41) is 19.1. The maximum atomic E-state index is 11.9. The Kier molecular flexibility index (Phi) is 13.9. The van der Waals surface area contributed by atoms with Gasteiger partial charge in [-0.2, -0.15) is 0 Å². The number of aliphatic hydroxyl groups excluding tert-OH is 2. The summed E-state index contributed by atoms with van der Waals surface area (Å²) in [5.41, 5.74) is 1.52. The Hall–Kier alpha value is -2.30. The zero-order valence-electron chi connectivity index (χ0n) is 23.3. The van der Waals surface area contributed by atoms with Gasteiger partial charge in [-0.3, -0.25) is 9.59 Å². The molecule has 0 bridgehead atoms. The fourth-order valence-electron chi connectivity index (χ4n) is 5.39. The van der Waals surface area contributed by atoms with Gasteiger partial charge in [0.05, 0.1) is 23.0 Å². The molecule has 0 radical (unpaired) electrons. The van der Waals surface area contributed by atoms with Crippen LogP contribution in [0.5, 0.6) is 0 Å². The van der Waals surface area contributed by atoms with E-state index in [0.29, 0.717) is 0 Å². The number of benzene rings is 2. The number of carbonyl (C=O) groups excluding carboxylic acids is 2. The van der Waals surface area contributed by atoms with Gasteiger partial charge in [-0.1, -0.05) is 88.4 Å². The maximum absolute atomic E-state index is 11.9. The molecule has 0 aromatic heterocycles. The van der Waals surface area contributed by atoms with Crippen LogP contribution >= 0.6 is 0 Å². The van der Waals surface area contributed by atoms with Crippen molar-refractivity contribution in [3.8, 4) is 0 Å². The van der Waals surface area contributed by atoms with Gasteiger partial charge in [-0.25, -0.2) is 0 Å². The van der Waals surface area contributed by atoms with E-state index in [1.54, 1.807) is 13.8 Å². The summed E-state index contributed by atoms with van der Waals surface area (Å²) in [5.74, 6) is 0.455. The molecule has 200 valence electrons. The maximum Gasteiger partial charge on any atom is 0.140 e. The Morgan fingerprint density at radius 1 is 0.583 bits per heavy atom. The van der Waals surface area contributed by atoms with Crippen molar-refractivity contribution in [3.63, 3.8) is 0 Å². The SMILES string of the molecule is CC.CC.CC(=O)C1(c2ccccc2)CCC(O)CC1.CC(=O)C1(c2ccccc2)CCC(O)CC1. The summed E-state index contributed by atoms with van der Waals surface area (Å²) in [7, 11) is 0. The molecule has 4 heteroatoms. The number of hydrogen-bond acceptors (Lipinski definition) is 4. The molecule has 2 aliphatic carbocycles. The highest BCUT2D eigenvalue weighted by Gasteiger charge is 2.41. The molecule has 0 heterocycles. The van der Waals surface area contributed by atoms with Crippen molar-refractivity contribution in [2.45, 2.75) is 116 Å². The average molecular weight is 497 g/mol. The van der Waals surface area contributed by atoms with Gasteiger partial charge in [-0.05, 0) is 76.3 Å². The van der Waals surface area contributed by atoms with Gasteiger partial charge in [0.25, 0.3) is 0 Å². The molecule has 2 aromatic carbocycles. The highest BCUT2D eigenvalue weighted by atomic mass is 16.3. The summed E-state index contributed by atoms with van der Waals surface area (Å²) in [6.45, 7) is 11.3.